The first kappa shape index (κ1) is 17.3. The van der Waals surface area contributed by atoms with Crippen molar-refractivity contribution < 1.29 is 9.53 Å². The number of nitrogens with one attached hydrogen (secondary N) is 2. The molecule has 0 unspecified atom stereocenters. The molecule has 0 bridgehead atoms. The van der Waals surface area contributed by atoms with E-state index in [0.717, 1.165) is 18.5 Å². The number of hydrogen-bond donors (Lipinski definition) is 2. The molecule has 1 aromatic carbocycles. The predicted octanol–water partition coefficient (Wildman–Crippen LogP) is 3.46. The maximum absolute atomic E-state index is 12.0. The fourth-order valence-electron chi connectivity index (χ4n) is 2.11. The molecule has 1 aromatic heterocycles. The van der Waals surface area contributed by atoms with E-state index in [0.29, 0.717) is 17.4 Å². The molecule has 2 N–H and O–H groups in total. The second-order valence-electron chi connectivity index (χ2n) is 5.18. The van der Waals surface area contributed by atoms with Crippen LogP contribution in [0.4, 0.5) is 10.6 Å². The van der Waals surface area contributed by atoms with Crippen molar-refractivity contribution in [3.8, 4) is 0 Å². The molecule has 124 valence electrons. The van der Waals surface area contributed by atoms with Gasteiger partial charge in [0.1, 0.15) is 0 Å². The van der Waals surface area contributed by atoms with Gasteiger partial charge in [-0.15, -0.1) is 0 Å². The van der Waals surface area contributed by atoms with Gasteiger partial charge in [-0.05, 0) is 31.0 Å². The van der Waals surface area contributed by atoms with E-state index in [1.54, 1.807) is 30.0 Å². The van der Waals surface area contributed by atoms with E-state index in [9.17, 15) is 4.79 Å². The first-order chi connectivity index (χ1) is 11.1. The van der Waals surface area contributed by atoms with Crippen molar-refractivity contribution in [3.63, 3.8) is 0 Å². The lowest BCUT2D eigenvalue weighted by molar-refractivity contribution is 0.189. The Hall–Kier alpha value is -2.05. The highest BCUT2D eigenvalue weighted by atomic mass is 35.5. The number of rotatable bonds is 7. The molecule has 1 atom stereocenters. The summed E-state index contributed by atoms with van der Waals surface area (Å²) in [5, 5.41) is 10.5. The average molecular weight is 337 g/mol. The van der Waals surface area contributed by atoms with Crippen molar-refractivity contribution >= 4 is 23.4 Å². The van der Waals surface area contributed by atoms with Gasteiger partial charge in [0.15, 0.2) is 5.82 Å². The largest absolute Gasteiger partial charge is 0.385 e. The number of carbonyl (C=O) groups is 1. The van der Waals surface area contributed by atoms with Gasteiger partial charge in [0.25, 0.3) is 0 Å². The van der Waals surface area contributed by atoms with Crippen molar-refractivity contribution in [2.75, 3.05) is 19.0 Å². The number of halogens is 1. The molecular formula is C16H21ClN4O2. The molecular weight excluding hydrogens is 316 g/mol. The Morgan fingerprint density at radius 3 is 2.78 bits per heavy atom. The molecule has 0 radical (unpaired) electrons. The summed E-state index contributed by atoms with van der Waals surface area (Å²) < 4.78 is 6.77. The minimum absolute atomic E-state index is 0.129. The van der Waals surface area contributed by atoms with Gasteiger partial charge < -0.3 is 10.1 Å². The summed E-state index contributed by atoms with van der Waals surface area (Å²) >= 11 is 5.86. The molecule has 0 aliphatic carbocycles. The predicted molar refractivity (Wildman–Crippen MR) is 90.7 cm³/mol. The van der Waals surface area contributed by atoms with Gasteiger partial charge in [0, 0.05) is 37.5 Å². The molecule has 7 heteroatoms. The topological polar surface area (TPSA) is 68.2 Å². The molecule has 0 saturated heterocycles. The Bertz CT molecular complexity index is 627. The number of ether oxygens (including phenoxy) is 1. The van der Waals surface area contributed by atoms with E-state index < -0.39 is 0 Å². The van der Waals surface area contributed by atoms with E-state index >= 15 is 0 Å². The zero-order chi connectivity index (χ0) is 16.7. The lowest BCUT2D eigenvalue weighted by atomic mass is 10.1. The maximum Gasteiger partial charge on any atom is 0.320 e. The van der Waals surface area contributed by atoms with Gasteiger partial charge in [-0.3, -0.25) is 10.00 Å². The lowest BCUT2D eigenvalue weighted by Crippen LogP contribution is -2.31. The SMILES string of the molecule is COCCCn1ccc(NC(=O)N[C@H](C)c2ccc(Cl)cc2)n1. The molecule has 2 rings (SSSR count). The van der Waals surface area contributed by atoms with Crippen molar-refractivity contribution in [1.29, 1.82) is 0 Å². The summed E-state index contributed by atoms with van der Waals surface area (Å²) in [6.45, 7) is 3.34. The highest BCUT2D eigenvalue weighted by Crippen LogP contribution is 2.16. The van der Waals surface area contributed by atoms with Gasteiger partial charge in [-0.1, -0.05) is 23.7 Å². The minimum atomic E-state index is -0.297. The molecule has 0 aliphatic rings. The van der Waals surface area contributed by atoms with Gasteiger partial charge >= 0.3 is 6.03 Å². The van der Waals surface area contributed by atoms with Gasteiger partial charge in [-0.2, -0.15) is 5.10 Å². The molecule has 0 spiro atoms. The number of nitrogens with zero attached hydrogens (tertiary/aromatic N) is 2. The summed E-state index contributed by atoms with van der Waals surface area (Å²) in [5.74, 6) is 0.517. The Balaban J connectivity index is 1.83. The fraction of sp³-hybridized carbons (Fsp3) is 0.375. The third kappa shape index (κ3) is 5.58. The fourth-order valence-corrected chi connectivity index (χ4v) is 2.23. The van der Waals surface area contributed by atoms with E-state index in [4.69, 9.17) is 16.3 Å². The molecule has 1 heterocycles. The maximum atomic E-state index is 12.0. The monoisotopic (exact) mass is 336 g/mol. The number of urea groups is 1. The highest BCUT2D eigenvalue weighted by molar-refractivity contribution is 6.30. The van der Waals surface area contributed by atoms with Gasteiger partial charge in [0.2, 0.25) is 0 Å². The lowest BCUT2D eigenvalue weighted by Gasteiger charge is -2.14. The highest BCUT2D eigenvalue weighted by Gasteiger charge is 2.10. The third-order valence-electron chi connectivity index (χ3n) is 3.34. The summed E-state index contributed by atoms with van der Waals surface area (Å²) in [6.07, 6.45) is 2.70. The number of amides is 2. The summed E-state index contributed by atoms with van der Waals surface area (Å²) in [7, 11) is 1.67. The third-order valence-corrected chi connectivity index (χ3v) is 3.59. The van der Waals surface area contributed by atoms with Crippen LogP contribution < -0.4 is 10.6 Å². The van der Waals surface area contributed by atoms with Crippen LogP contribution in [0.25, 0.3) is 0 Å². The number of benzene rings is 1. The zero-order valence-electron chi connectivity index (χ0n) is 13.3. The number of carbonyl (C=O) groups excluding carboxylic acids is 1. The second-order valence-corrected chi connectivity index (χ2v) is 5.62. The zero-order valence-corrected chi connectivity index (χ0v) is 14.0. The normalized spacial score (nSPS) is 12.0. The number of aryl methyl sites for hydroxylation is 1. The number of methoxy groups -OCH3 is 1. The van der Waals surface area contributed by atoms with Crippen LogP contribution in [-0.4, -0.2) is 29.5 Å². The van der Waals surface area contributed by atoms with E-state index in [1.807, 2.05) is 25.3 Å². The van der Waals surface area contributed by atoms with Crippen LogP contribution in [0.15, 0.2) is 36.5 Å². The Kier molecular flexibility index (Phi) is 6.43. The first-order valence-electron chi connectivity index (χ1n) is 7.44. The average Bonchev–Trinajstić information content (AvgIpc) is 2.95. The van der Waals surface area contributed by atoms with Crippen LogP contribution in [0.1, 0.15) is 24.9 Å². The van der Waals surface area contributed by atoms with Crippen LogP contribution >= 0.6 is 11.6 Å². The Labute approximate surface area is 140 Å². The van der Waals surface area contributed by atoms with E-state index in [2.05, 4.69) is 15.7 Å². The number of anilines is 1. The standard InChI is InChI=1S/C16H21ClN4O2/c1-12(13-4-6-14(17)7-5-13)18-16(22)19-15-8-10-21(20-15)9-3-11-23-2/h4-8,10,12H,3,9,11H2,1-2H3,(H2,18,19,20,22)/t12-/m1/s1. The van der Waals surface area contributed by atoms with Crippen LogP contribution in [0.2, 0.25) is 5.02 Å². The smallest absolute Gasteiger partial charge is 0.320 e. The molecule has 23 heavy (non-hydrogen) atoms. The molecule has 6 nitrogen and oxygen atoms in total. The van der Waals surface area contributed by atoms with Crippen molar-refractivity contribution in [3.05, 3.63) is 47.1 Å². The molecule has 0 aliphatic heterocycles. The van der Waals surface area contributed by atoms with Crippen molar-refractivity contribution in [1.82, 2.24) is 15.1 Å². The van der Waals surface area contributed by atoms with Crippen LogP contribution in [0.5, 0.6) is 0 Å². The van der Waals surface area contributed by atoms with Crippen LogP contribution in [0.3, 0.4) is 0 Å². The quantitative estimate of drug-likeness (QED) is 0.761. The molecule has 2 amide bonds. The van der Waals surface area contributed by atoms with Crippen molar-refractivity contribution in [2.24, 2.45) is 0 Å². The van der Waals surface area contributed by atoms with Crippen LogP contribution in [-0.2, 0) is 11.3 Å². The Morgan fingerprint density at radius 1 is 1.35 bits per heavy atom. The van der Waals surface area contributed by atoms with Gasteiger partial charge in [0.05, 0.1) is 6.04 Å². The second kappa shape index (κ2) is 8.55. The molecule has 0 saturated carbocycles. The molecule has 0 fully saturated rings. The van der Waals surface area contributed by atoms with E-state index in [-0.39, 0.29) is 12.1 Å². The summed E-state index contributed by atoms with van der Waals surface area (Å²) in [5.41, 5.74) is 0.981. The Morgan fingerprint density at radius 2 is 2.09 bits per heavy atom. The van der Waals surface area contributed by atoms with Crippen molar-refractivity contribution in [2.45, 2.75) is 25.9 Å². The van der Waals surface area contributed by atoms with Gasteiger partial charge in [-0.25, -0.2) is 4.79 Å². The first-order valence-corrected chi connectivity index (χ1v) is 7.81. The minimum Gasteiger partial charge on any atom is -0.385 e. The number of aromatic nitrogens is 2. The summed E-state index contributed by atoms with van der Waals surface area (Å²) in [6, 6.07) is 8.71. The summed E-state index contributed by atoms with van der Waals surface area (Å²) in [4.78, 5) is 12.0. The molecule has 2 aromatic rings. The number of hydrogen-bond acceptors (Lipinski definition) is 3. The van der Waals surface area contributed by atoms with Crippen LogP contribution in [0, 0.1) is 0 Å². The van der Waals surface area contributed by atoms with E-state index in [1.165, 1.54) is 0 Å².